The van der Waals surface area contributed by atoms with Gasteiger partial charge < -0.3 is 34.5 Å². The van der Waals surface area contributed by atoms with E-state index in [9.17, 15) is 29.4 Å². The number of esters is 1. The first kappa shape index (κ1) is 31.6. The monoisotopic (exact) mass is 636 g/mol. The van der Waals surface area contributed by atoms with Crippen LogP contribution in [0.5, 0.6) is 0 Å². The molecule has 1 aromatic carbocycles. The zero-order valence-electron chi connectivity index (χ0n) is 26.5. The first-order valence-corrected chi connectivity index (χ1v) is 15.4. The molecule has 0 saturated carbocycles. The number of nitrogens with zero attached hydrogens (tertiary/aromatic N) is 3. The van der Waals surface area contributed by atoms with Crippen molar-refractivity contribution in [2.45, 2.75) is 84.2 Å². The minimum Gasteiger partial charge on any atom is -0.465 e. The van der Waals surface area contributed by atoms with Gasteiger partial charge in [-0.05, 0) is 69.7 Å². The number of amides is 2. The van der Waals surface area contributed by atoms with Crippen molar-refractivity contribution in [2.24, 2.45) is 0 Å². The molecule has 0 spiro atoms. The Morgan fingerprint density at radius 3 is 2.65 bits per heavy atom. The van der Waals surface area contributed by atoms with Crippen LogP contribution in [0.1, 0.15) is 80.0 Å². The highest BCUT2D eigenvalue weighted by molar-refractivity contribution is 5.94. The molecule has 0 saturated heterocycles. The highest BCUT2D eigenvalue weighted by Gasteiger charge is 2.46. The summed E-state index contributed by atoms with van der Waals surface area (Å²) < 4.78 is 27.4. The number of fused-ring (bicyclic) bond motifs is 5. The zero-order valence-corrected chi connectivity index (χ0v) is 26.5. The summed E-state index contributed by atoms with van der Waals surface area (Å²) in [6.45, 7) is 8.34. The van der Waals surface area contributed by atoms with Crippen molar-refractivity contribution in [3.05, 3.63) is 61.7 Å². The SMILES string of the molecule is CC[C@@]1(O)C(=O)OCc2c1cc1n(c2=O)Cc2c-1nc1cc(F)c(C)c3c1c2[C@@H](NC(=O)COCCN(C(=O)O)C(C)(C)C)CC3. The number of ether oxygens (including phenoxy) is 2. The fourth-order valence-corrected chi connectivity index (χ4v) is 6.97. The predicted molar refractivity (Wildman–Crippen MR) is 164 cm³/mol. The van der Waals surface area contributed by atoms with Crippen molar-refractivity contribution in [2.75, 3.05) is 19.8 Å². The lowest BCUT2D eigenvalue weighted by Crippen LogP contribution is -2.46. The number of nitrogens with one attached hydrogen (secondary N) is 1. The fourth-order valence-electron chi connectivity index (χ4n) is 6.97. The summed E-state index contributed by atoms with van der Waals surface area (Å²) in [6.07, 6.45) is -0.129. The summed E-state index contributed by atoms with van der Waals surface area (Å²) in [5.74, 6) is -1.64. The molecule has 2 amide bonds. The summed E-state index contributed by atoms with van der Waals surface area (Å²) in [5.41, 5.74) is 1.24. The van der Waals surface area contributed by atoms with Crippen molar-refractivity contribution < 1.29 is 38.5 Å². The third-order valence-corrected chi connectivity index (χ3v) is 9.45. The number of halogens is 1. The molecular weight excluding hydrogens is 599 g/mol. The lowest BCUT2D eigenvalue weighted by atomic mass is 9.81. The van der Waals surface area contributed by atoms with Gasteiger partial charge in [0.15, 0.2) is 5.60 Å². The van der Waals surface area contributed by atoms with Crippen LogP contribution in [0.15, 0.2) is 16.9 Å². The Morgan fingerprint density at radius 1 is 1.24 bits per heavy atom. The number of aryl methyl sites for hydroxylation is 1. The lowest BCUT2D eigenvalue weighted by molar-refractivity contribution is -0.172. The van der Waals surface area contributed by atoms with E-state index in [0.29, 0.717) is 40.9 Å². The van der Waals surface area contributed by atoms with Crippen LogP contribution >= 0.6 is 0 Å². The minimum atomic E-state index is -1.99. The third-order valence-electron chi connectivity index (χ3n) is 9.45. The number of carboxylic acid groups (broad SMARTS) is 1. The van der Waals surface area contributed by atoms with E-state index >= 15 is 4.39 Å². The Bertz CT molecular complexity index is 1880. The second-order valence-corrected chi connectivity index (χ2v) is 13.1. The Labute approximate surface area is 264 Å². The average Bonchev–Trinajstić information content (AvgIpc) is 3.36. The van der Waals surface area contributed by atoms with Crippen LogP contribution < -0.4 is 10.9 Å². The van der Waals surface area contributed by atoms with Gasteiger partial charge in [0, 0.05) is 34.7 Å². The molecule has 0 fully saturated rings. The van der Waals surface area contributed by atoms with Crippen LogP contribution in [0.3, 0.4) is 0 Å². The molecule has 12 nitrogen and oxygen atoms in total. The van der Waals surface area contributed by atoms with Crippen molar-refractivity contribution in [1.29, 1.82) is 0 Å². The summed E-state index contributed by atoms with van der Waals surface area (Å²) in [6, 6.07) is 2.45. The topological polar surface area (TPSA) is 160 Å². The smallest absolute Gasteiger partial charge is 0.407 e. The number of carbonyl (C=O) groups excluding carboxylic acids is 2. The van der Waals surface area contributed by atoms with E-state index in [4.69, 9.17) is 14.5 Å². The van der Waals surface area contributed by atoms with Gasteiger partial charge in [-0.2, -0.15) is 0 Å². The molecule has 46 heavy (non-hydrogen) atoms. The normalized spacial score (nSPS) is 19.7. The summed E-state index contributed by atoms with van der Waals surface area (Å²) >= 11 is 0. The number of pyridine rings is 2. The van der Waals surface area contributed by atoms with Crippen LogP contribution in [-0.2, 0) is 44.2 Å². The number of hydrogen-bond donors (Lipinski definition) is 3. The van der Waals surface area contributed by atoms with Crippen molar-refractivity contribution in [3.63, 3.8) is 0 Å². The number of rotatable bonds is 7. The van der Waals surface area contributed by atoms with Gasteiger partial charge in [0.25, 0.3) is 5.56 Å². The number of aliphatic hydroxyl groups is 1. The largest absolute Gasteiger partial charge is 0.465 e. The molecule has 2 aliphatic heterocycles. The van der Waals surface area contributed by atoms with Crippen molar-refractivity contribution in [1.82, 2.24) is 19.8 Å². The molecular formula is C33H37FN4O8. The molecule has 3 N–H and O–H groups in total. The maximum atomic E-state index is 15.1. The van der Waals surface area contributed by atoms with Crippen LogP contribution in [-0.4, -0.2) is 67.9 Å². The number of carbonyl (C=O) groups is 3. The van der Waals surface area contributed by atoms with Gasteiger partial charge in [-0.15, -0.1) is 0 Å². The summed E-state index contributed by atoms with van der Waals surface area (Å²) in [7, 11) is 0. The van der Waals surface area contributed by atoms with E-state index in [1.807, 2.05) is 0 Å². The molecule has 0 radical (unpaired) electrons. The molecule has 2 atom stereocenters. The van der Waals surface area contributed by atoms with Crippen LogP contribution in [0.4, 0.5) is 9.18 Å². The van der Waals surface area contributed by atoms with Crippen LogP contribution in [0.25, 0.3) is 22.3 Å². The molecule has 1 aliphatic carbocycles. The van der Waals surface area contributed by atoms with Gasteiger partial charge in [0.05, 0.1) is 41.7 Å². The highest BCUT2D eigenvalue weighted by Crippen LogP contribution is 2.45. The second kappa shape index (κ2) is 11.2. The Kier molecular flexibility index (Phi) is 7.67. The number of benzene rings is 1. The molecule has 6 rings (SSSR count). The maximum Gasteiger partial charge on any atom is 0.407 e. The van der Waals surface area contributed by atoms with Crippen LogP contribution in [0, 0.1) is 12.7 Å². The number of cyclic esters (lactones) is 1. The van der Waals surface area contributed by atoms with E-state index < -0.39 is 46.5 Å². The van der Waals surface area contributed by atoms with Gasteiger partial charge in [0.2, 0.25) is 5.91 Å². The van der Waals surface area contributed by atoms with Gasteiger partial charge >= 0.3 is 12.1 Å². The molecule has 0 unspecified atom stereocenters. The fraction of sp³-hybridized carbons (Fsp3) is 0.485. The molecule has 2 aromatic heterocycles. The average molecular weight is 637 g/mol. The van der Waals surface area contributed by atoms with Crippen LogP contribution in [0.2, 0.25) is 0 Å². The Balaban J connectivity index is 1.37. The van der Waals surface area contributed by atoms with E-state index in [1.165, 1.54) is 15.5 Å². The first-order valence-electron chi connectivity index (χ1n) is 15.4. The highest BCUT2D eigenvalue weighted by atomic mass is 19.1. The Morgan fingerprint density at radius 2 is 1.98 bits per heavy atom. The maximum absolute atomic E-state index is 15.1. The van der Waals surface area contributed by atoms with Gasteiger partial charge in [-0.25, -0.2) is 19.0 Å². The number of aromatic nitrogens is 2. The third kappa shape index (κ3) is 4.92. The molecule has 0 bridgehead atoms. The first-order chi connectivity index (χ1) is 21.7. The Hall–Kier alpha value is -4.36. The summed E-state index contributed by atoms with van der Waals surface area (Å²) in [5, 5.41) is 24.5. The van der Waals surface area contributed by atoms with Crippen molar-refractivity contribution >= 4 is 28.9 Å². The molecule has 3 aromatic rings. The second-order valence-electron chi connectivity index (χ2n) is 13.1. The van der Waals surface area contributed by atoms with E-state index in [1.54, 1.807) is 40.7 Å². The molecule has 244 valence electrons. The quantitative estimate of drug-likeness (QED) is 0.204. The van der Waals surface area contributed by atoms with Gasteiger partial charge in [0.1, 0.15) is 19.0 Å². The standard InChI is InChI=1S/C33H37FN4O8/c1-6-33(44)20-11-24-28-18(13-37(24)29(40)19(20)14-46-30(33)41)27-22(8-7-17-16(2)21(34)12-23(36-28)26(17)27)35-25(39)15-45-10-9-38(31(42)43)32(3,4)5/h11-12,22,44H,6-10,13-15H2,1-5H3,(H,35,39)(H,42,43)/t22-,33-/m0/s1. The van der Waals surface area contributed by atoms with E-state index in [0.717, 1.165) is 16.5 Å². The summed E-state index contributed by atoms with van der Waals surface area (Å²) in [4.78, 5) is 57.2. The molecule has 4 heterocycles. The molecule has 3 aliphatic rings. The van der Waals surface area contributed by atoms with E-state index in [2.05, 4.69) is 5.32 Å². The number of hydrogen-bond acceptors (Lipinski definition) is 8. The van der Waals surface area contributed by atoms with Crippen molar-refractivity contribution in [3.8, 4) is 11.4 Å². The lowest BCUT2D eigenvalue weighted by Gasteiger charge is -2.33. The van der Waals surface area contributed by atoms with Gasteiger partial charge in [-0.3, -0.25) is 9.59 Å². The van der Waals surface area contributed by atoms with E-state index in [-0.39, 0.29) is 50.5 Å². The zero-order chi connectivity index (χ0) is 33.3. The predicted octanol–water partition coefficient (Wildman–Crippen LogP) is 3.43. The van der Waals surface area contributed by atoms with Gasteiger partial charge in [-0.1, -0.05) is 6.92 Å². The minimum absolute atomic E-state index is 0.000445. The molecule has 13 heteroatoms.